The molecule has 1 atom stereocenters. The molecule has 0 aromatic carbocycles. The molecule has 1 saturated carbocycles. The fourth-order valence-electron chi connectivity index (χ4n) is 5.33. The van der Waals surface area contributed by atoms with Crippen molar-refractivity contribution < 1.29 is 21.6 Å². The van der Waals surface area contributed by atoms with Gasteiger partial charge in [-0.1, -0.05) is 0 Å². The van der Waals surface area contributed by atoms with Crippen LogP contribution in [0.3, 0.4) is 0 Å². The van der Waals surface area contributed by atoms with E-state index in [0.29, 0.717) is 23.2 Å². The van der Waals surface area contributed by atoms with E-state index in [1.165, 1.54) is 10.7 Å². The van der Waals surface area contributed by atoms with Crippen LogP contribution in [-0.2, 0) is 23.1 Å². The fraction of sp³-hybridized carbons (Fsp3) is 0.833. The summed E-state index contributed by atoms with van der Waals surface area (Å²) in [6, 6.07) is 1.61. The molecule has 1 aromatic heterocycles. The lowest BCUT2D eigenvalue weighted by atomic mass is 9.83. The van der Waals surface area contributed by atoms with E-state index in [2.05, 4.69) is 10.00 Å². The molecule has 0 amide bonds. The van der Waals surface area contributed by atoms with Gasteiger partial charge in [0.2, 0.25) is 0 Å². The van der Waals surface area contributed by atoms with Gasteiger partial charge < -0.3 is 0 Å². The number of alkyl halides is 3. The monoisotopic (exact) mass is 405 g/mol. The van der Waals surface area contributed by atoms with Gasteiger partial charge in [-0.25, -0.2) is 8.42 Å². The first-order valence-electron chi connectivity index (χ1n) is 9.63. The van der Waals surface area contributed by atoms with Crippen LogP contribution in [0.4, 0.5) is 13.2 Å². The van der Waals surface area contributed by atoms with Crippen LogP contribution >= 0.6 is 0 Å². The van der Waals surface area contributed by atoms with Gasteiger partial charge in [0, 0.05) is 31.2 Å². The summed E-state index contributed by atoms with van der Waals surface area (Å²) in [5.74, 6) is 0.745. The van der Waals surface area contributed by atoms with E-state index >= 15 is 0 Å². The third kappa shape index (κ3) is 3.77. The Hall–Kier alpha value is -1.09. The summed E-state index contributed by atoms with van der Waals surface area (Å²) in [6.45, 7) is 1.79. The molecule has 0 unspecified atom stereocenters. The van der Waals surface area contributed by atoms with Crippen LogP contribution in [0.1, 0.15) is 55.8 Å². The van der Waals surface area contributed by atoms with Crippen LogP contribution in [0.15, 0.2) is 6.07 Å². The second-order valence-electron chi connectivity index (χ2n) is 8.64. The third-order valence-electron chi connectivity index (χ3n) is 6.78. The van der Waals surface area contributed by atoms with E-state index < -0.39 is 21.7 Å². The first-order valence-corrected chi connectivity index (χ1v) is 11.4. The fourth-order valence-corrected chi connectivity index (χ4v) is 7.53. The van der Waals surface area contributed by atoms with Crippen LogP contribution in [0, 0.1) is 5.41 Å². The van der Waals surface area contributed by atoms with Crippen molar-refractivity contribution in [3.05, 3.63) is 17.5 Å². The van der Waals surface area contributed by atoms with Crippen molar-refractivity contribution in [2.24, 2.45) is 12.5 Å². The molecule has 3 aliphatic rings. The predicted molar refractivity (Wildman–Crippen MR) is 95.1 cm³/mol. The molecule has 1 spiro atoms. The Morgan fingerprint density at radius 2 is 1.89 bits per heavy atom. The molecule has 0 bridgehead atoms. The summed E-state index contributed by atoms with van der Waals surface area (Å²) >= 11 is 0. The second-order valence-corrected chi connectivity index (χ2v) is 10.8. The number of halogens is 3. The highest BCUT2D eigenvalue weighted by Crippen LogP contribution is 2.44. The van der Waals surface area contributed by atoms with Crippen LogP contribution in [0.5, 0.6) is 0 Å². The topological polar surface area (TPSA) is 55.2 Å². The highest BCUT2D eigenvalue weighted by Gasteiger charge is 2.48. The van der Waals surface area contributed by atoms with E-state index in [-0.39, 0.29) is 11.3 Å². The molecule has 1 aromatic rings. The molecule has 2 aliphatic heterocycles. The molecule has 5 nitrogen and oxygen atoms in total. The van der Waals surface area contributed by atoms with Crippen LogP contribution in [0.25, 0.3) is 0 Å². The van der Waals surface area contributed by atoms with Gasteiger partial charge in [0.1, 0.15) is 0 Å². The Labute approximate surface area is 157 Å². The molecule has 1 aliphatic carbocycles. The largest absolute Gasteiger partial charge is 0.435 e. The molecule has 3 fully saturated rings. The van der Waals surface area contributed by atoms with Gasteiger partial charge in [-0.2, -0.15) is 18.3 Å². The van der Waals surface area contributed by atoms with E-state index in [1.54, 1.807) is 7.05 Å². The minimum atomic E-state index is -4.40. The number of hydrogen-bond acceptors (Lipinski definition) is 4. The number of rotatable bonds is 2. The standard InChI is InChI=1S/C18H26F3N3O2S/c1-23-15(10-16(22-23)18(19,20)21)13-2-4-14(5-3-13)24-8-6-17(11-24)7-9-27(25,26)12-17/h10,13-14H,2-9,11-12H2,1H3/t13-,14-,17-/m0/s1. The number of nitrogens with zero attached hydrogens (tertiary/aromatic N) is 3. The average molecular weight is 405 g/mol. The molecular weight excluding hydrogens is 379 g/mol. The summed E-state index contributed by atoms with van der Waals surface area (Å²) in [5, 5.41) is 3.64. The lowest BCUT2D eigenvalue weighted by Crippen LogP contribution is -2.38. The molecule has 9 heteroatoms. The Kier molecular flexibility index (Phi) is 4.61. The first-order chi connectivity index (χ1) is 12.6. The number of sulfone groups is 1. The molecule has 4 rings (SSSR count). The minimum absolute atomic E-state index is 0.0562. The molecular formula is C18H26F3N3O2S. The summed E-state index contributed by atoms with van der Waals surface area (Å²) < 4.78 is 63.8. The maximum Gasteiger partial charge on any atom is 0.435 e. The Bertz CT molecular complexity index is 812. The van der Waals surface area contributed by atoms with E-state index in [4.69, 9.17) is 0 Å². The lowest BCUT2D eigenvalue weighted by Gasteiger charge is -2.35. The third-order valence-corrected chi connectivity index (χ3v) is 8.65. The highest BCUT2D eigenvalue weighted by molar-refractivity contribution is 7.91. The maximum atomic E-state index is 12.9. The zero-order valence-electron chi connectivity index (χ0n) is 15.5. The van der Waals surface area contributed by atoms with E-state index in [9.17, 15) is 21.6 Å². The summed E-state index contributed by atoms with van der Waals surface area (Å²) in [4.78, 5) is 2.43. The minimum Gasteiger partial charge on any atom is -0.300 e. The highest BCUT2D eigenvalue weighted by atomic mass is 32.2. The Morgan fingerprint density at radius 3 is 2.44 bits per heavy atom. The number of hydrogen-bond donors (Lipinski definition) is 0. The predicted octanol–water partition coefficient (Wildman–Crippen LogP) is 2.98. The molecule has 0 N–H and O–H groups in total. The van der Waals surface area contributed by atoms with Gasteiger partial charge in [0.25, 0.3) is 0 Å². The molecule has 27 heavy (non-hydrogen) atoms. The number of aryl methyl sites for hydroxylation is 1. The van der Waals surface area contributed by atoms with Crippen LogP contribution < -0.4 is 0 Å². The zero-order valence-corrected chi connectivity index (χ0v) is 16.3. The van der Waals surface area contributed by atoms with Gasteiger partial charge >= 0.3 is 6.18 Å². The summed E-state index contributed by atoms with van der Waals surface area (Å²) in [5.41, 5.74) is -0.203. The Morgan fingerprint density at radius 1 is 1.19 bits per heavy atom. The van der Waals surface area contributed by atoms with Crippen LogP contribution in [0.2, 0.25) is 0 Å². The summed E-state index contributed by atoms with van der Waals surface area (Å²) in [7, 11) is -1.30. The lowest BCUT2D eigenvalue weighted by molar-refractivity contribution is -0.141. The smallest absolute Gasteiger partial charge is 0.300 e. The van der Waals surface area contributed by atoms with Crippen LogP contribution in [-0.4, -0.2) is 53.7 Å². The summed E-state index contributed by atoms with van der Waals surface area (Å²) in [6.07, 6.45) is 0.907. The maximum absolute atomic E-state index is 12.9. The van der Waals surface area contributed by atoms with Crippen molar-refractivity contribution in [2.45, 2.75) is 56.7 Å². The van der Waals surface area contributed by atoms with Gasteiger partial charge in [0.05, 0.1) is 11.5 Å². The zero-order chi connectivity index (χ0) is 19.4. The number of likely N-dealkylation sites (tertiary alicyclic amines) is 1. The van der Waals surface area contributed by atoms with Crippen molar-refractivity contribution in [3.8, 4) is 0 Å². The quantitative estimate of drug-likeness (QED) is 0.759. The normalized spacial score (nSPS) is 34.5. The first kappa shape index (κ1) is 19.2. The van der Waals surface area contributed by atoms with Crippen molar-refractivity contribution in [2.75, 3.05) is 24.6 Å². The van der Waals surface area contributed by atoms with Gasteiger partial charge in [-0.3, -0.25) is 9.58 Å². The average Bonchev–Trinajstić information content (AvgIpc) is 3.25. The van der Waals surface area contributed by atoms with Gasteiger partial charge in [-0.05, 0) is 56.6 Å². The molecule has 152 valence electrons. The SMILES string of the molecule is Cn1nc(C(F)(F)F)cc1[C@H]1CC[C@H](N2CC[C@]3(CCS(=O)(=O)C3)C2)CC1. The Balaban J connectivity index is 1.37. The van der Waals surface area contributed by atoms with Crippen molar-refractivity contribution in [1.82, 2.24) is 14.7 Å². The van der Waals surface area contributed by atoms with Gasteiger partial charge in [0.15, 0.2) is 15.5 Å². The van der Waals surface area contributed by atoms with Gasteiger partial charge in [-0.15, -0.1) is 0 Å². The molecule has 0 radical (unpaired) electrons. The van der Waals surface area contributed by atoms with Crippen molar-refractivity contribution in [3.63, 3.8) is 0 Å². The second kappa shape index (κ2) is 6.47. The van der Waals surface area contributed by atoms with Crippen molar-refractivity contribution >= 4 is 9.84 Å². The van der Waals surface area contributed by atoms with E-state index in [0.717, 1.165) is 51.6 Å². The van der Waals surface area contributed by atoms with E-state index in [1.807, 2.05) is 0 Å². The molecule has 3 heterocycles. The van der Waals surface area contributed by atoms with Crippen molar-refractivity contribution in [1.29, 1.82) is 0 Å². The molecule has 2 saturated heterocycles. The number of aromatic nitrogens is 2.